The monoisotopic (exact) mass is 574 g/mol. The second kappa shape index (κ2) is 11.7. The Labute approximate surface area is 244 Å². The predicted octanol–water partition coefficient (Wildman–Crippen LogP) is 8.21. The highest BCUT2D eigenvalue weighted by Crippen LogP contribution is 2.34. The fourth-order valence-corrected chi connectivity index (χ4v) is 5.73. The molecule has 0 aliphatic rings. The van der Waals surface area contributed by atoms with Gasteiger partial charge in [0.15, 0.2) is 0 Å². The smallest absolute Gasteiger partial charge is 0.110 e. The minimum absolute atomic E-state index is 0.353. The van der Waals surface area contributed by atoms with E-state index < -0.39 is 0 Å². The van der Waals surface area contributed by atoms with Crippen LogP contribution in [0.4, 0.5) is 0 Å². The van der Waals surface area contributed by atoms with E-state index in [2.05, 4.69) is 69.0 Å². The highest BCUT2D eigenvalue weighted by molar-refractivity contribution is 7.00. The maximum atomic E-state index is 4.76. The Morgan fingerprint density at radius 2 is 0.675 bits per heavy atom. The zero-order valence-corrected chi connectivity index (χ0v) is 27.2. The number of rotatable bonds is 1. The van der Waals surface area contributed by atoms with Gasteiger partial charge in [-0.05, 0) is 60.3 Å². The lowest BCUT2D eigenvalue weighted by Gasteiger charge is -2.13. The van der Waals surface area contributed by atoms with Crippen molar-refractivity contribution < 1.29 is 0 Å². The summed E-state index contributed by atoms with van der Waals surface area (Å²) in [5.74, 6) is 1.19. The van der Waals surface area contributed by atoms with Gasteiger partial charge in [-0.2, -0.15) is 17.5 Å². The first-order valence-corrected chi connectivity index (χ1v) is 15.0. The molecular weight excluding hydrogens is 537 g/mol. The number of hydrogen-bond acceptors (Lipinski definition) is 10. The molecule has 0 aliphatic carbocycles. The predicted molar refractivity (Wildman–Crippen MR) is 169 cm³/mol. The van der Waals surface area contributed by atoms with Crippen LogP contribution in [0.3, 0.4) is 0 Å². The van der Waals surface area contributed by atoms with Gasteiger partial charge in [0.25, 0.3) is 0 Å². The summed E-state index contributed by atoms with van der Waals surface area (Å²) in [6, 6.07) is 0. The quantitative estimate of drug-likeness (QED) is 0.193. The number of hydrogen-bond donors (Lipinski definition) is 0. The number of aryl methyl sites for hydroxylation is 7. The minimum Gasteiger partial charge on any atom is -0.249 e. The Morgan fingerprint density at radius 3 is 1.02 bits per heavy atom. The van der Waals surface area contributed by atoms with Crippen LogP contribution >= 0.6 is 23.5 Å². The van der Waals surface area contributed by atoms with Gasteiger partial charge in [-0.15, -0.1) is 0 Å². The van der Waals surface area contributed by atoms with Gasteiger partial charge in [0.1, 0.15) is 22.1 Å². The summed E-state index contributed by atoms with van der Waals surface area (Å²) in [5, 5.41) is 0. The molecule has 210 valence electrons. The topological polar surface area (TPSA) is 103 Å². The van der Waals surface area contributed by atoms with Gasteiger partial charge >= 0.3 is 0 Å². The summed E-state index contributed by atoms with van der Waals surface area (Å²) in [7, 11) is 0. The molecule has 0 atom stereocenters. The van der Waals surface area contributed by atoms with Crippen molar-refractivity contribution in [2.45, 2.75) is 89.0 Å². The summed E-state index contributed by atoms with van der Waals surface area (Å²) in [6.07, 6.45) is 0. The van der Waals surface area contributed by atoms with E-state index in [4.69, 9.17) is 9.97 Å². The molecule has 0 spiro atoms. The van der Waals surface area contributed by atoms with Crippen molar-refractivity contribution >= 4 is 67.6 Å². The van der Waals surface area contributed by atoms with E-state index in [-0.39, 0.29) is 0 Å². The van der Waals surface area contributed by atoms with Crippen molar-refractivity contribution in [2.75, 3.05) is 0 Å². The van der Waals surface area contributed by atoms with Gasteiger partial charge in [-0.1, -0.05) is 34.6 Å². The molecule has 6 aromatic rings. The minimum atomic E-state index is 0.353. The molecule has 0 N–H and O–H groups in total. The second-order valence-electron chi connectivity index (χ2n) is 11.3. The molecular formula is C30H38N8S2. The number of nitrogens with zero attached hydrogens (tertiary/aromatic N) is 8. The Kier molecular flexibility index (Phi) is 8.70. The number of aromatic nitrogens is 8. The molecule has 4 heterocycles. The van der Waals surface area contributed by atoms with Gasteiger partial charge in [0, 0.05) is 22.3 Å². The van der Waals surface area contributed by atoms with Crippen molar-refractivity contribution in [3.8, 4) is 0 Å². The molecule has 4 aromatic heterocycles. The molecule has 0 aliphatic heterocycles. The first-order valence-electron chi connectivity index (χ1n) is 13.6. The highest BCUT2D eigenvalue weighted by atomic mass is 32.1. The lowest BCUT2D eigenvalue weighted by Crippen LogP contribution is -2.02. The molecule has 0 amide bonds. The van der Waals surface area contributed by atoms with Crippen LogP contribution in [-0.4, -0.2) is 37.4 Å². The molecule has 0 unspecified atom stereocenters. The Morgan fingerprint density at radius 1 is 0.400 bits per heavy atom. The third-order valence-electron chi connectivity index (χ3n) is 6.81. The Hall–Kier alpha value is -3.24. The molecule has 10 heteroatoms. The molecule has 0 saturated heterocycles. The first kappa shape index (κ1) is 29.7. The SMILES string of the molecule is CC(C)C.Cc1nc2c(C)c3nsnc3c(C(C)C)c2nc1C.Cc1nc2c(C)c3nsnc3c(C)c2nc1C. The molecule has 0 saturated carbocycles. The fourth-order valence-electron chi connectivity index (χ4n) is 4.47. The fraction of sp³-hybridized carbons (Fsp3) is 0.467. The summed E-state index contributed by atoms with van der Waals surface area (Å²) < 4.78 is 17.6. The Bertz CT molecular complexity index is 1790. The van der Waals surface area contributed by atoms with E-state index in [1.165, 1.54) is 29.0 Å². The lowest BCUT2D eigenvalue weighted by molar-refractivity contribution is 0.737. The van der Waals surface area contributed by atoms with Crippen molar-refractivity contribution in [1.82, 2.24) is 37.4 Å². The normalized spacial score (nSPS) is 11.4. The van der Waals surface area contributed by atoms with Crippen LogP contribution in [-0.2, 0) is 0 Å². The number of fused-ring (bicyclic) bond motifs is 4. The molecule has 6 rings (SSSR count). The summed E-state index contributed by atoms with van der Waals surface area (Å²) in [6.45, 7) is 24.9. The van der Waals surface area contributed by atoms with Crippen LogP contribution in [0.5, 0.6) is 0 Å². The van der Waals surface area contributed by atoms with Gasteiger partial charge in [0.05, 0.1) is 68.3 Å². The standard InChI is InChI=1S/C14H16N4S.C12H12N4S.C4H10/c1-6(2)10-13-11(15-8(4)9(5)16-13)7(3)12-14(10)18-19-17-12;1-5-9-10(14-8(4)7(3)13-9)6(2)12-11(5)15-17-16-12;1-4(2)3/h6H,1-5H3;1-4H3;4H,1-3H3. The molecule has 0 fully saturated rings. The molecule has 2 aromatic carbocycles. The average molecular weight is 575 g/mol. The van der Waals surface area contributed by atoms with Gasteiger partial charge in [-0.3, -0.25) is 0 Å². The van der Waals surface area contributed by atoms with E-state index >= 15 is 0 Å². The van der Waals surface area contributed by atoms with Gasteiger partial charge in [-0.25, -0.2) is 19.9 Å². The van der Waals surface area contributed by atoms with Crippen LogP contribution in [0, 0.1) is 54.4 Å². The van der Waals surface area contributed by atoms with Crippen LogP contribution in [0.25, 0.3) is 44.1 Å². The highest BCUT2D eigenvalue weighted by Gasteiger charge is 2.20. The van der Waals surface area contributed by atoms with E-state index in [1.807, 2.05) is 41.5 Å². The van der Waals surface area contributed by atoms with E-state index in [0.29, 0.717) is 5.92 Å². The van der Waals surface area contributed by atoms with Crippen LogP contribution in [0.1, 0.15) is 85.6 Å². The van der Waals surface area contributed by atoms with Crippen molar-refractivity contribution in [3.05, 3.63) is 45.0 Å². The maximum Gasteiger partial charge on any atom is 0.110 e. The summed E-state index contributed by atoms with van der Waals surface area (Å²) in [4.78, 5) is 18.8. The maximum absolute atomic E-state index is 4.76. The van der Waals surface area contributed by atoms with E-state index in [1.54, 1.807) is 0 Å². The van der Waals surface area contributed by atoms with Crippen LogP contribution in [0.15, 0.2) is 0 Å². The van der Waals surface area contributed by atoms with Crippen LogP contribution < -0.4 is 0 Å². The second-order valence-corrected chi connectivity index (χ2v) is 12.3. The largest absolute Gasteiger partial charge is 0.249 e. The first-order chi connectivity index (χ1) is 18.8. The van der Waals surface area contributed by atoms with E-state index in [9.17, 15) is 0 Å². The van der Waals surface area contributed by atoms with E-state index in [0.717, 1.165) is 89.5 Å². The molecule has 0 bridgehead atoms. The molecule has 8 nitrogen and oxygen atoms in total. The lowest BCUT2D eigenvalue weighted by atomic mass is 9.96. The summed E-state index contributed by atoms with van der Waals surface area (Å²) >= 11 is 2.51. The van der Waals surface area contributed by atoms with Crippen molar-refractivity contribution in [1.29, 1.82) is 0 Å². The zero-order valence-electron chi connectivity index (χ0n) is 25.5. The Balaban J connectivity index is 0.000000164. The van der Waals surface area contributed by atoms with Gasteiger partial charge < -0.3 is 0 Å². The summed E-state index contributed by atoms with van der Waals surface area (Å²) in [5.41, 5.74) is 16.0. The van der Waals surface area contributed by atoms with Crippen molar-refractivity contribution in [2.24, 2.45) is 5.92 Å². The zero-order chi connectivity index (χ0) is 29.5. The van der Waals surface area contributed by atoms with Crippen molar-refractivity contribution in [3.63, 3.8) is 0 Å². The third-order valence-corrected chi connectivity index (χ3v) is 7.87. The third kappa shape index (κ3) is 5.51. The number of benzene rings is 2. The van der Waals surface area contributed by atoms with Crippen LogP contribution in [0.2, 0.25) is 0 Å². The molecule has 0 radical (unpaired) electrons. The average Bonchev–Trinajstić information content (AvgIpc) is 3.56. The van der Waals surface area contributed by atoms with Gasteiger partial charge in [0.2, 0.25) is 0 Å². The molecule has 40 heavy (non-hydrogen) atoms.